The number of allylic oxidation sites excluding steroid dienone is 2. The molecule has 0 rings (SSSR count). The van der Waals surface area contributed by atoms with E-state index in [1.165, 1.54) is 0 Å². The molecule has 0 saturated carbocycles. The van der Waals surface area contributed by atoms with Crippen LogP contribution in [0.3, 0.4) is 0 Å². The van der Waals surface area contributed by atoms with Crippen molar-refractivity contribution >= 4 is 0 Å². The van der Waals surface area contributed by atoms with Gasteiger partial charge in [-0.15, -0.1) is 0 Å². The smallest absolute Gasteiger partial charge is 0.0755 e. The van der Waals surface area contributed by atoms with Crippen molar-refractivity contribution in [3.63, 3.8) is 0 Å². The summed E-state index contributed by atoms with van der Waals surface area (Å²) in [5.74, 6) is 0.523. The number of hydrogen-bond acceptors (Lipinski definition) is 1. The molecule has 1 atom stereocenters. The zero-order valence-electron chi connectivity index (χ0n) is 8.33. The maximum atomic E-state index is 9.39. The van der Waals surface area contributed by atoms with Gasteiger partial charge in [0, 0.05) is 0 Å². The third-order valence-corrected chi connectivity index (χ3v) is 1.50. The maximum Gasteiger partial charge on any atom is 0.0755 e. The van der Waals surface area contributed by atoms with Crippen LogP contribution in [0.25, 0.3) is 0 Å². The Morgan fingerprint density at radius 1 is 1.17 bits per heavy atom. The van der Waals surface area contributed by atoms with Crippen molar-refractivity contribution in [1.29, 1.82) is 0 Å². The monoisotopic (exact) mass is 168 g/mol. The van der Waals surface area contributed by atoms with Gasteiger partial charge in [0.1, 0.15) is 0 Å². The van der Waals surface area contributed by atoms with E-state index >= 15 is 0 Å². The van der Waals surface area contributed by atoms with Gasteiger partial charge in [0.25, 0.3) is 0 Å². The molecule has 0 spiro atoms. The Labute approximate surface area is 75.8 Å². The van der Waals surface area contributed by atoms with Gasteiger partial charge in [0.2, 0.25) is 0 Å². The lowest BCUT2D eigenvalue weighted by Gasteiger charge is -2.01. The Hall–Kier alpha value is -0.560. The Morgan fingerprint density at radius 3 is 2.33 bits per heavy atom. The number of aliphatic hydroxyl groups excluding tert-OH is 1. The Kier molecular flexibility index (Phi) is 6.78. The largest absolute Gasteiger partial charge is 0.389 e. The zero-order chi connectivity index (χ0) is 9.40. The van der Waals surface area contributed by atoms with Crippen LogP contribution in [0.1, 0.15) is 33.6 Å². The first kappa shape index (κ1) is 11.4. The minimum absolute atomic E-state index is 0.310. The summed E-state index contributed by atoms with van der Waals surface area (Å²) in [6.45, 7) is 6.29. The highest BCUT2D eigenvalue weighted by atomic mass is 16.3. The quantitative estimate of drug-likeness (QED) is 0.626. The minimum atomic E-state index is -0.310. The molecule has 0 aliphatic rings. The summed E-state index contributed by atoms with van der Waals surface area (Å²) in [6, 6.07) is 0. The Morgan fingerprint density at radius 2 is 1.83 bits per heavy atom. The highest BCUT2D eigenvalue weighted by molar-refractivity contribution is 4.95. The molecule has 0 aromatic rings. The second-order valence-corrected chi connectivity index (χ2v) is 3.31. The molecular formula is C11H20O. The van der Waals surface area contributed by atoms with Crippen LogP contribution >= 0.6 is 0 Å². The van der Waals surface area contributed by atoms with Gasteiger partial charge in [-0.3, -0.25) is 0 Å². The Bertz CT molecular complexity index is 145. The van der Waals surface area contributed by atoms with Crippen LogP contribution in [0.5, 0.6) is 0 Å². The van der Waals surface area contributed by atoms with Crippen LogP contribution in [0.15, 0.2) is 24.3 Å². The van der Waals surface area contributed by atoms with Gasteiger partial charge in [0.15, 0.2) is 0 Å². The van der Waals surface area contributed by atoms with Gasteiger partial charge < -0.3 is 5.11 Å². The van der Waals surface area contributed by atoms with Crippen molar-refractivity contribution in [2.24, 2.45) is 5.92 Å². The first-order valence-electron chi connectivity index (χ1n) is 4.68. The van der Waals surface area contributed by atoms with Crippen LogP contribution < -0.4 is 0 Å². The fourth-order valence-corrected chi connectivity index (χ4v) is 0.831. The summed E-state index contributed by atoms with van der Waals surface area (Å²) in [4.78, 5) is 0. The van der Waals surface area contributed by atoms with Crippen molar-refractivity contribution in [1.82, 2.24) is 0 Å². The average Bonchev–Trinajstić information content (AvgIpc) is 2.01. The lowest BCUT2D eigenvalue weighted by Crippen LogP contribution is -1.99. The standard InChI is InChI=1S/C11H20O/c1-4-5-6-7-11(12)9-8-10(2)3/h5-6,8-12H,4,7H2,1-3H3/b6-5-,9-8+/t11-/m0/s1. The van der Waals surface area contributed by atoms with Crippen LogP contribution in [0.4, 0.5) is 0 Å². The van der Waals surface area contributed by atoms with Gasteiger partial charge in [-0.05, 0) is 18.8 Å². The summed E-state index contributed by atoms with van der Waals surface area (Å²) in [5, 5.41) is 9.39. The molecule has 70 valence electrons. The number of aliphatic hydroxyl groups is 1. The number of hydrogen-bond donors (Lipinski definition) is 1. The van der Waals surface area contributed by atoms with Crippen LogP contribution in [0.2, 0.25) is 0 Å². The van der Waals surface area contributed by atoms with Crippen LogP contribution in [-0.4, -0.2) is 11.2 Å². The molecule has 1 nitrogen and oxygen atoms in total. The van der Waals surface area contributed by atoms with Gasteiger partial charge in [-0.25, -0.2) is 0 Å². The molecule has 0 amide bonds. The summed E-state index contributed by atoms with van der Waals surface area (Å²) in [7, 11) is 0. The maximum absolute atomic E-state index is 9.39. The van der Waals surface area contributed by atoms with Gasteiger partial charge in [-0.1, -0.05) is 45.1 Å². The van der Waals surface area contributed by atoms with Crippen molar-refractivity contribution in [2.75, 3.05) is 0 Å². The molecule has 1 N–H and O–H groups in total. The minimum Gasteiger partial charge on any atom is -0.389 e. The molecule has 0 heterocycles. The first-order valence-corrected chi connectivity index (χ1v) is 4.68. The van der Waals surface area contributed by atoms with E-state index in [0.29, 0.717) is 5.92 Å². The van der Waals surface area contributed by atoms with Crippen molar-refractivity contribution in [2.45, 2.75) is 39.7 Å². The fourth-order valence-electron chi connectivity index (χ4n) is 0.831. The predicted molar refractivity (Wildman–Crippen MR) is 54.0 cm³/mol. The van der Waals surface area contributed by atoms with Gasteiger partial charge in [0.05, 0.1) is 6.10 Å². The molecule has 0 unspecified atom stereocenters. The molecule has 0 aliphatic carbocycles. The van der Waals surface area contributed by atoms with Gasteiger partial charge >= 0.3 is 0 Å². The molecule has 12 heavy (non-hydrogen) atoms. The van der Waals surface area contributed by atoms with Crippen LogP contribution in [0, 0.1) is 5.92 Å². The van der Waals surface area contributed by atoms with E-state index in [2.05, 4.69) is 26.8 Å². The Balaban J connectivity index is 3.58. The molecule has 0 aromatic carbocycles. The zero-order valence-corrected chi connectivity index (χ0v) is 8.33. The summed E-state index contributed by atoms with van der Waals surface area (Å²) in [5.41, 5.74) is 0. The van der Waals surface area contributed by atoms with E-state index in [4.69, 9.17) is 0 Å². The number of rotatable bonds is 5. The molecule has 0 aromatic heterocycles. The van der Waals surface area contributed by atoms with E-state index < -0.39 is 0 Å². The average molecular weight is 168 g/mol. The molecule has 1 heteroatoms. The molecular weight excluding hydrogens is 148 g/mol. The SMILES string of the molecule is CC/C=C\C[C@H](O)/C=C/C(C)C. The first-order chi connectivity index (χ1) is 5.66. The topological polar surface area (TPSA) is 20.2 Å². The summed E-state index contributed by atoms with van der Waals surface area (Å²) >= 11 is 0. The lowest BCUT2D eigenvalue weighted by molar-refractivity contribution is 0.226. The molecule has 0 radical (unpaired) electrons. The van der Waals surface area contributed by atoms with Crippen molar-refractivity contribution < 1.29 is 5.11 Å². The van der Waals surface area contributed by atoms with Crippen LogP contribution in [-0.2, 0) is 0 Å². The third kappa shape index (κ3) is 7.55. The summed E-state index contributed by atoms with van der Waals surface area (Å²) in [6.07, 6.45) is 9.46. The highest BCUT2D eigenvalue weighted by Gasteiger charge is 1.94. The second kappa shape index (κ2) is 7.11. The molecule has 0 fully saturated rings. The van der Waals surface area contributed by atoms with E-state index in [1.54, 1.807) is 0 Å². The van der Waals surface area contributed by atoms with E-state index in [-0.39, 0.29) is 6.10 Å². The normalized spacial score (nSPS) is 15.1. The van der Waals surface area contributed by atoms with E-state index in [1.807, 2.05) is 18.2 Å². The highest BCUT2D eigenvalue weighted by Crippen LogP contribution is 2.00. The van der Waals surface area contributed by atoms with E-state index in [0.717, 1.165) is 12.8 Å². The lowest BCUT2D eigenvalue weighted by atomic mass is 10.1. The van der Waals surface area contributed by atoms with Crippen molar-refractivity contribution in [3.05, 3.63) is 24.3 Å². The second-order valence-electron chi connectivity index (χ2n) is 3.31. The van der Waals surface area contributed by atoms with Crippen molar-refractivity contribution in [3.8, 4) is 0 Å². The third-order valence-electron chi connectivity index (χ3n) is 1.50. The van der Waals surface area contributed by atoms with E-state index in [9.17, 15) is 5.11 Å². The molecule has 0 saturated heterocycles. The molecule has 0 aliphatic heterocycles. The fraction of sp³-hybridized carbons (Fsp3) is 0.636. The summed E-state index contributed by atoms with van der Waals surface area (Å²) < 4.78 is 0. The predicted octanol–water partition coefficient (Wildman–Crippen LogP) is 2.92. The molecule has 0 bridgehead atoms. The van der Waals surface area contributed by atoms with Gasteiger partial charge in [-0.2, -0.15) is 0 Å².